The highest BCUT2D eigenvalue weighted by molar-refractivity contribution is 6.34. The number of nitrogens with zero attached hydrogens (tertiary/aromatic N) is 2. The van der Waals surface area contributed by atoms with Crippen LogP contribution in [-0.4, -0.2) is 31.1 Å². The minimum atomic E-state index is 0.184. The summed E-state index contributed by atoms with van der Waals surface area (Å²) in [6.07, 6.45) is 0.960. The van der Waals surface area contributed by atoms with Gasteiger partial charge in [-0.15, -0.1) is 4.91 Å². The Labute approximate surface area is 268 Å². The number of ether oxygens (including phenoxy) is 3. The molecule has 0 amide bonds. The van der Waals surface area contributed by atoms with E-state index in [2.05, 4.69) is 23.9 Å². The monoisotopic (exact) mass is 636 g/mol. The van der Waals surface area contributed by atoms with Crippen molar-refractivity contribution in [2.45, 2.75) is 40.0 Å². The first-order valence-electron chi connectivity index (χ1n) is 14.6. The van der Waals surface area contributed by atoms with Crippen molar-refractivity contribution in [3.8, 4) is 28.4 Å². The maximum Gasteiger partial charge on any atom is 0.142 e. The molecule has 0 atom stereocenters. The maximum atomic E-state index is 10.8. The van der Waals surface area contributed by atoms with E-state index in [4.69, 9.17) is 48.9 Å². The molecule has 0 unspecified atom stereocenters. The van der Waals surface area contributed by atoms with Crippen molar-refractivity contribution in [3.63, 3.8) is 0 Å². The third-order valence-corrected chi connectivity index (χ3v) is 8.05. The van der Waals surface area contributed by atoms with E-state index >= 15 is 0 Å². The molecule has 4 N–H and O–H groups in total. The van der Waals surface area contributed by atoms with Crippen molar-refractivity contribution in [1.29, 1.82) is 0 Å². The van der Waals surface area contributed by atoms with E-state index in [1.54, 1.807) is 30.3 Å². The highest BCUT2D eigenvalue weighted by Crippen LogP contribution is 2.36. The van der Waals surface area contributed by atoms with Crippen molar-refractivity contribution in [2.75, 3.05) is 32.0 Å². The molecule has 232 valence electrons. The molecule has 0 heterocycles. The number of hydrogen-bond acceptors (Lipinski definition) is 8. The lowest BCUT2D eigenvalue weighted by molar-refractivity contribution is 0.249. The summed E-state index contributed by atoms with van der Waals surface area (Å²) in [7, 11) is 0. The molecule has 0 aliphatic rings. The number of nitroso groups, excluding NO2 is 1. The maximum absolute atomic E-state index is 10.8. The van der Waals surface area contributed by atoms with Crippen LogP contribution in [-0.2, 0) is 19.8 Å². The Balaban J connectivity index is 1.44. The van der Waals surface area contributed by atoms with E-state index in [9.17, 15) is 4.91 Å². The molecule has 0 aliphatic heterocycles. The quantitative estimate of drug-likeness (QED) is 0.0721. The van der Waals surface area contributed by atoms with Crippen LogP contribution in [0.5, 0.6) is 17.2 Å². The zero-order valence-electron chi connectivity index (χ0n) is 25.0. The summed E-state index contributed by atoms with van der Waals surface area (Å²) in [4.78, 5) is 13.2. The number of nitrogen functional groups attached to an aromatic ring is 1. The largest absolute Gasteiger partial charge is 0.494 e. The molecule has 0 radical (unpaired) electrons. The number of nitrogens with two attached hydrogens (primary N) is 2. The smallest absolute Gasteiger partial charge is 0.142 e. The Kier molecular flexibility index (Phi) is 12.3. The minimum Gasteiger partial charge on any atom is -0.494 e. The van der Waals surface area contributed by atoms with Gasteiger partial charge in [0.2, 0.25) is 0 Å². The Bertz CT molecular complexity index is 1560. The van der Waals surface area contributed by atoms with Gasteiger partial charge in [0.25, 0.3) is 0 Å². The van der Waals surface area contributed by atoms with Gasteiger partial charge in [-0.2, -0.15) is 0 Å². The van der Waals surface area contributed by atoms with Gasteiger partial charge < -0.3 is 30.6 Å². The summed E-state index contributed by atoms with van der Waals surface area (Å²) in [5.41, 5.74) is 16.4. The third-order valence-electron chi connectivity index (χ3n) is 7.31. The second-order valence-electron chi connectivity index (χ2n) is 10.2. The van der Waals surface area contributed by atoms with Crippen molar-refractivity contribution in [1.82, 2.24) is 4.90 Å². The zero-order valence-corrected chi connectivity index (χ0v) is 26.5. The Hall–Kier alpha value is -3.82. The predicted molar refractivity (Wildman–Crippen MR) is 179 cm³/mol. The van der Waals surface area contributed by atoms with Gasteiger partial charge in [0.1, 0.15) is 36.1 Å². The first-order valence-corrected chi connectivity index (χ1v) is 15.3. The van der Waals surface area contributed by atoms with Gasteiger partial charge in [-0.25, -0.2) is 0 Å². The molecule has 4 rings (SSSR count). The van der Waals surface area contributed by atoms with Gasteiger partial charge in [-0.1, -0.05) is 73.4 Å². The van der Waals surface area contributed by atoms with Gasteiger partial charge in [0.05, 0.1) is 22.3 Å². The molecule has 4 aromatic carbocycles. The fraction of sp³-hybridized carbons (Fsp3) is 0.294. The fourth-order valence-corrected chi connectivity index (χ4v) is 5.29. The van der Waals surface area contributed by atoms with Crippen LogP contribution in [0.1, 0.15) is 37.0 Å². The first-order chi connectivity index (χ1) is 21.4. The summed E-state index contributed by atoms with van der Waals surface area (Å²) < 4.78 is 18.2. The van der Waals surface area contributed by atoms with E-state index in [0.717, 1.165) is 59.6 Å². The van der Waals surface area contributed by atoms with E-state index in [1.165, 1.54) is 0 Å². The van der Waals surface area contributed by atoms with Crippen LogP contribution in [0.3, 0.4) is 0 Å². The molecule has 0 spiro atoms. The summed E-state index contributed by atoms with van der Waals surface area (Å²) in [5.74, 6) is 1.76. The average Bonchev–Trinajstić information content (AvgIpc) is 3.04. The molecule has 8 nitrogen and oxygen atoms in total. The second kappa shape index (κ2) is 16.3. The molecule has 0 fully saturated rings. The molecule has 0 aromatic heterocycles. The molecular formula is C34H38Cl2N4O4. The number of hydrogen-bond donors (Lipinski definition) is 2. The Morgan fingerprint density at radius 1 is 0.841 bits per heavy atom. The highest BCUT2D eigenvalue weighted by atomic mass is 35.5. The minimum absolute atomic E-state index is 0.184. The summed E-state index contributed by atoms with van der Waals surface area (Å²) >= 11 is 13.4. The van der Waals surface area contributed by atoms with E-state index < -0.39 is 0 Å². The summed E-state index contributed by atoms with van der Waals surface area (Å²) in [6.45, 7) is 8.68. The normalized spacial score (nSPS) is 11.0. The van der Waals surface area contributed by atoms with Crippen LogP contribution >= 0.6 is 23.2 Å². The lowest BCUT2D eigenvalue weighted by atomic mass is 10.0. The van der Waals surface area contributed by atoms with Crippen LogP contribution in [0.2, 0.25) is 10.0 Å². The molecule has 0 aliphatic carbocycles. The molecule has 0 saturated heterocycles. The molecule has 4 aromatic rings. The Morgan fingerprint density at radius 2 is 1.61 bits per heavy atom. The van der Waals surface area contributed by atoms with E-state index in [1.807, 2.05) is 42.5 Å². The number of rotatable bonds is 16. The second-order valence-corrected chi connectivity index (χ2v) is 11.0. The van der Waals surface area contributed by atoms with Crippen LogP contribution < -0.4 is 25.7 Å². The van der Waals surface area contributed by atoms with Crippen LogP contribution in [0.15, 0.2) is 78.0 Å². The molecule has 0 bridgehead atoms. The van der Waals surface area contributed by atoms with Gasteiger partial charge in [-0.3, -0.25) is 0 Å². The van der Waals surface area contributed by atoms with Gasteiger partial charge in [-0.05, 0) is 66.1 Å². The number of benzene rings is 4. The first kappa shape index (κ1) is 33.1. The fourth-order valence-electron chi connectivity index (χ4n) is 4.76. The highest BCUT2D eigenvalue weighted by Gasteiger charge is 2.14. The summed E-state index contributed by atoms with van der Waals surface area (Å²) in [6, 6.07) is 22.2. The van der Waals surface area contributed by atoms with Crippen molar-refractivity contribution >= 4 is 34.6 Å². The number of halogens is 2. The molecule has 44 heavy (non-hydrogen) atoms. The standard InChI is InChI=1S/C34H38Cl2N4O4/c1-3-40(4-2)14-7-15-42-27-10-5-8-24(17-27)28-11-6-9-25(34(28)36)22-44-33-19-32(26(20-37)18-29(33)35)43-21-23-12-13-31(39-41)30(38)16-23/h5-6,8-13,16-19H,3-4,7,14-15,20-22,37-38H2,1-2H3. The zero-order chi connectivity index (χ0) is 31.5. The lowest BCUT2D eigenvalue weighted by Gasteiger charge is -2.18. The summed E-state index contributed by atoms with van der Waals surface area (Å²) in [5, 5.41) is 3.89. The molecule has 10 heteroatoms. The molecule has 0 saturated carbocycles. The van der Waals surface area contributed by atoms with Gasteiger partial charge in [0, 0.05) is 35.8 Å². The van der Waals surface area contributed by atoms with Crippen LogP contribution in [0, 0.1) is 4.91 Å². The topological polar surface area (TPSA) is 112 Å². The average molecular weight is 638 g/mol. The van der Waals surface area contributed by atoms with Crippen molar-refractivity contribution < 1.29 is 14.2 Å². The van der Waals surface area contributed by atoms with E-state index in [0.29, 0.717) is 28.2 Å². The van der Waals surface area contributed by atoms with Crippen molar-refractivity contribution in [3.05, 3.63) is 104 Å². The SMILES string of the molecule is CCN(CC)CCCOc1cccc(-c2cccc(COc3cc(OCc4ccc(N=O)c(N)c4)c(CN)cc3Cl)c2Cl)c1. The van der Waals surface area contributed by atoms with Gasteiger partial charge >= 0.3 is 0 Å². The van der Waals surface area contributed by atoms with Crippen molar-refractivity contribution in [2.24, 2.45) is 10.9 Å². The molecular weight excluding hydrogens is 599 g/mol. The predicted octanol–water partition coefficient (Wildman–Crippen LogP) is 8.37. The third kappa shape index (κ3) is 8.64. The number of anilines is 1. The Morgan fingerprint density at radius 3 is 2.34 bits per heavy atom. The van der Waals surface area contributed by atoms with Crippen LogP contribution in [0.4, 0.5) is 11.4 Å². The van der Waals surface area contributed by atoms with Crippen LogP contribution in [0.25, 0.3) is 11.1 Å². The van der Waals surface area contributed by atoms with Gasteiger partial charge in [0.15, 0.2) is 0 Å². The lowest BCUT2D eigenvalue weighted by Crippen LogP contribution is -2.25. The van der Waals surface area contributed by atoms with E-state index in [-0.39, 0.29) is 31.1 Å².